The molecule has 1 aromatic carbocycles. The highest BCUT2D eigenvalue weighted by Gasteiger charge is 2.26. The van der Waals surface area contributed by atoms with Crippen molar-refractivity contribution in [1.29, 1.82) is 0 Å². The standard InChI is InChI=1S/C21H20ClN5OS/c1-13(2)27-17(8-10-24-27)20(28)26(12-15-5-4-9-23-11-15)21-25-18-14(3)6-7-16(22)19(18)29-21/h4-11,13H,12H2,1-3H3. The zero-order valence-corrected chi connectivity index (χ0v) is 17.9. The summed E-state index contributed by atoms with van der Waals surface area (Å²) in [6.07, 6.45) is 5.12. The summed E-state index contributed by atoms with van der Waals surface area (Å²) in [6.45, 7) is 6.34. The first-order chi connectivity index (χ1) is 14.0. The first-order valence-corrected chi connectivity index (χ1v) is 10.4. The van der Waals surface area contributed by atoms with Crippen molar-refractivity contribution in [2.45, 2.75) is 33.4 Å². The smallest absolute Gasteiger partial charge is 0.278 e. The van der Waals surface area contributed by atoms with Gasteiger partial charge in [0, 0.05) is 24.6 Å². The molecular weight excluding hydrogens is 406 g/mol. The van der Waals surface area contributed by atoms with Crippen molar-refractivity contribution >= 4 is 44.2 Å². The second-order valence-electron chi connectivity index (χ2n) is 7.05. The van der Waals surface area contributed by atoms with Crippen LogP contribution in [0.5, 0.6) is 0 Å². The maximum atomic E-state index is 13.6. The molecule has 0 aliphatic carbocycles. The molecule has 0 atom stereocenters. The maximum absolute atomic E-state index is 13.6. The molecule has 0 N–H and O–H groups in total. The van der Waals surface area contributed by atoms with Gasteiger partial charge in [-0.05, 0) is 50.1 Å². The number of benzene rings is 1. The van der Waals surface area contributed by atoms with E-state index in [9.17, 15) is 4.79 Å². The third-order valence-corrected chi connectivity index (χ3v) is 6.14. The maximum Gasteiger partial charge on any atom is 0.278 e. The number of anilines is 1. The minimum atomic E-state index is -0.159. The fourth-order valence-corrected chi connectivity index (χ4v) is 4.45. The lowest BCUT2D eigenvalue weighted by Crippen LogP contribution is -2.32. The van der Waals surface area contributed by atoms with Gasteiger partial charge in [-0.2, -0.15) is 5.10 Å². The van der Waals surface area contributed by atoms with Crippen molar-refractivity contribution in [1.82, 2.24) is 19.7 Å². The summed E-state index contributed by atoms with van der Waals surface area (Å²) < 4.78 is 2.60. The molecule has 4 aromatic rings. The summed E-state index contributed by atoms with van der Waals surface area (Å²) in [7, 11) is 0. The number of nitrogens with zero attached hydrogens (tertiary/aromatic N) is 5. The van der Waals surface area contributed by atoms with E-state index in [1.807, 2.05) is 45.0 Å². The number of aryl methyl sites for hydroxylation is 1. The second kappa shape index (κ2) is 7.93. The van der Waals surface area contributed by atoms with Crippen LogP contribution in [-0.4, -0.2) is 25.7 Å². The number of amides is 1. The summed E-state index contributed by atoms with van der Waals surface area (Å²) in [5.74, 6) is -0.159. The first kappa shape index (κ1) is 19.5. The molecule has 0 aliphatic rings. The molecule has 0 radical (unpaired) electrons. The molecule has 1 amide bonds. The van der Waals surface area contributed by atoms with Gasteiger partial charge in [0.15, 0.2) is 5.13 Å². The van der Waals surface area contributed by atoms with Crippen molar-refractivity contribution < 1.29 is 4.79 Å². The Bertz CT molecular complexity index is 1130. The van der Waals surface area contributed by atoms with E-state index < -0.39 is 0 Å². The van der Waals surface area contributed by atoms with E-state index >= 15 is 0 Å². The number of rotatable bonds is 5. The van der Waals surface area contributed by atoms with E-state index in [0.717, 1.165) is 21.3 Å². The van der Waals surface area contributed by atoms with E-state index in [2.05, 4.69) is 10.1 Å². The van der Waals surface area contributed by atoms with Gasteiger partial charge >= 0.3 is 0 Å². The number of pyridine rings is 1. The summed E-state index contributed by atoms with van der Waals surface area (Å²) >= 11 is 7.81. The van der Waals surface area contributed by atoms with Crippen LogP contribution >= 0.6 is 22.9 Å². The molecule has 148 valence electrons. The average molecular weight is 426 g/mol. The monoisotopic (exact) mass is 425 g/mol. The van der Waals surface area contributed by atoms with Crippen LogP contribution in [0.1, 0.15) is 41.5 Å². The first-order valence-electron chi connectivity index (χ1n) is 9.25. The van der Waals surface area contributed by atoms with Gasteiger partial charge in [0.05, 0.1) is 21.8 Å². The lowest BCUT2D eigenvalue weighted by molar-refractivity contribution is 0.0973. The zero-order valence-electron chi connectivity index (χ0n) is 16.3. The summed E-state index contributed by atoms with van der Waals surface area (Å²) in [5.41, 5.74) is 3.27. The van der Waals surface area contributed by atoms with Gasteiger partial charge in [0.25, 0.3) is 5.91 Å². The second-order valence-corrected chi connectivity index (χ2v) is 8.43. The van der Waals surface area contributed by atoms with Gasteiger partial charge < -0.3 is 0 Å². The van der Waals surface area contributed by atoms with Gasteiger partial charge in [-0.1, -0.05) is 35.1 Å². The van der Waals surface area contributed by atoms with Crippen LogP contribution in [0.2, 0.25) is 5.02 Å². The van der Waals surface area contributed by atoms with Crippen molar-refractivity contribution in [2.75, 3.05) is 4.90 Å². The molecule has 0 saturated carbocycles. The van der Waals surface area contributed by atoms with Gasteiger partial charge in [0.2, 0.25) is 0 Å². The third-order valence-electron chi connectivity index (χ3n) is 4.60. The Morgan fingerprint density at radius 3 is 2.76 bits per heavy atom. The quantitative estimate of drug-likeness (QED) is 0.436. The number of carbonyl (C=O) groups excluding carboxylic acids is 1. The number of hydrogen-bond donors (Lipinski definition) is 0. The predicted octanol–water partition coefficient (Wildman–Crippen LogP) is 5.28. The Hall–Kier alpha value is -2.77. The fraction of sp³-hybridized carbons (Fsp3) is 0.238. The molecule has 29 heavy (non-hydrogen) atoms. The Morgan fingerprint density at radius 2 is 2.07 bits per heavy atom. The van der Waals surface area contributed by atoms with Crippen LogP contribution in [0.3, 0.4) is 0 Å². The molecule has 0 unspecified atom stereocenters. The van der Waals surface area contributed by atoms with Gasteiger partial charge in [-0.3, -0.25) is 19.4 Å². The molecule has 8 heteroatoms. The molecule has 0 aliphatic heterocycles. The molecule has 3 aromatic heterocycles. The lowest BCUT2D eigenvalue weighted by Gasteiger charge is -2.21. The van der Waals surface area contributed by atoms with Crippen LogP contribution in [0, 0.1) is 6.92 Å². The Labute approximate surface area is 177 Å². The van der Waals surface area contributed by atoms with E-state index in [-0.39, 0.29) is 11.9 Å². The van der Waals surface area contributed by atoms with E-state index in [1.165, 1.54) is 11.3 Å². The van der Waals surface area contributed by atoms with Crippen LogP contribution in [0.4, 0.5) is 5.13 Å². The molecule has 3 heterocycles. The molecular formula is C21H20ClN5OS. The highest BCUT2D eigenvalue weighted by Crippen LogP contribution is 2.36. The fourth-order valence-electron chi connectivity index (χ4n) is 3.14. The minimum absolute atomic E-state index is 0.0660. The molecule has 0 saturated heterocycles. The molecule has 0 fully saturated rings. The lowest BCUT2D eigenvalue weighted by atomic mass is 10.2. The van der Waals surface area contributed by atoms with Gasteiger partial charge in [-0.25, -0.2) is 4.98 Å². The number of carbonyl (C=O) groups is 1. The van der Waals surface area contributed by atoms with Crippen molar-refractivity contribution in [3.05, 3.63) is 70.8 Å². The zero-order chi connectivity index (χ0) is 20.5. The average Bonchev–Trinajstić information content (AvgIpc) is 3.37. The number of thiazole rings is 1. The molecule has 0 spiro atoms. The summed E-state index contributed by atoms with van der Waals surface area (Å²) in [4.78, 5) is 24.2. The number of aromatic nitrogens is 4. The van der Waals surface area contributed by atoms with Gasteiger partial charge in [-0.15, -0.1) is 0 Å². The predicted molar refractivity (Wildman–Crippen MR) is 117 cm³/mol. The highest BCUT2D eigenvalue weighted by molar-refractivity contribution is 7.23. The van der Waals surface area contributed by atoms with E-state index in [4.69, 9.17) is 16.6 Å². The number of halogens is 1. The summed E-state index contributed by atoms with van der Waals surface area (Å²) in [6, 6.07) is 9.41. The molecule has 0 bridgehead atoms. The highest BCUT2D eigenvalue weighted by atomic mass is 35.5. The third kappa shape index (κ3) is 3.75. The minimum Gasteiger partial charge on any atom is -0.278 e. The normalized spacial score (nSPS) is 11.3. The largest absolute Gasteiger partial charge is 0.278 e. The van der Waals surface area contributed by atoms with Crippen LogP contribution in [0.25, 0.3) is 10.2 Å². The van der Waals surface area contributed by atoms with Crippen LogP contribution < -0.4 is 4.90 Å². The van der Waals surface area contributed by atoms with Crippen LogP contribution in [0.15, 0.2) is 48.9 Å². The number of fused-ring (bicyclic) bond motifs is 1. The van der Waals surface area contributed by atoms with Crippen LogP contribution in [-0.2, 0) is 6.54 Å². The van der Waals surface area contributed by atoms with Gasteiger partial charge in [0.1, 0.15) is 5.69 Å². The summed E-state index contributed by atoms with van der Waals surface area (Å²) in [5, 5.41) is 5.54. The molecule has 6 nitrogen and oxygen atoms in total. The van der Waals surface area contributed by atoms with E-state index in [0.29, 0.717) is 22.4 Å². The number of hydrogen-bond acceptors (Lipinski definition) is 5. The Morgan fingerprint density at radius 1 is 1.24 bits per heavy atom. The Kier molecular flexibility index (Phi) is 5.34. The van der Waals surface area contributed by atoms with Crippen molar-refractivity contribution in [2.24, 2.45) is 0 Å². The molecule has 4 rings (SSSR count). The van der Waals surface area contributed by atoms with Crippen molar-refractivity contribution in [3.8, 4) is 0 Å². The SMILES string of the molecule is Cc1ccc(Cl)c2sc(N(Cc3cccnc3)C(=O)c3ccnn3C(C)C)nc12. The van der Waals surface area contributed by atoms with Crippen molar-refractivity contribution in [3.63, 3.8) is 0 Å². The Balaban J connectivity index is 1.82. The topological polar surface area (TPSA) is 63.9 Å². The van der Waals surface area contributed by atoms with E-state index in [1.54, 1.807) is 34.2 Å².